The number of pyridine rings is 1. The highest BCUT2D eigenvalue weighted by Gasteiger charge is 2.04. The van der Waals surface area contributed by atoms with E-state index in [1.54, 1.807) is 6.20 Å². The Morgan fingerprint density at radius 2 is 1.88 bits per heavy atom. The minimum absolute atomic E-state index is 0.493. The van der Waals surface area contributed by atoms with Gasteiger partial charge in [0.05, 0.1) is 4.47 Å². The largest absolute Gasteiger partial charge is 0.472 e. The summed E-state index contributed by atoms with van der Waals surface area (Å²) in [4.78, 5) is 4.19. The lowest BCUT2D eigenvalue weighted by Crippen LogP contribution is -1.97. The quantitative estimate of drug-likeness (QED) is 0.699. The Balaban J connectivity index is 2.07. The van der Waals surface area contributed by atoms with Crippen LogP contribution < -0.4 is 4.74 Å². The van der Waals surface area contributed by atoms with E-state index in [4.69, 9.17) is 4.74 Å². The Morgan fingerprint density at radius 3 is 2.59 bits per heavy atom. The first-order chi connectivity index (χ1) is 8.15. The second-order valence-electron chi connectivity index (χ2n) is 3.36. The van der Waals surface area contributed by atoms with Crippen molar-refractivity contribution in [3.63, 3.8) is 0 Å². The van der Waals surface area contributed by atoms with Crippen LogP contribution in [0.2, 0.25) is 0 Å². The summed E-state index contributed by atoms with van der Waals surface area (Å²) in [6, 6.07) is 9.90. The molecule has 0 atom stereocenters. The smallest absolute Gasteiger partial charge is 0.228 e. The van der Waals surface area contributed by atoms with Crippen molar-refractivity contribution in [2.45, 2.75) is 6.61 Å². The predicted molar refractivity (Wildman–Crippen MR) is 78.1 cm³/mol. The van der Waals surface area contributed by atoms with Crippen molar-refractivity contribution in [1.29, 1.82) is 0 Å². The average molecular weight is 422 g/mol. The van der Waals surface area contributed by atoms with Crippen LogP contribution in [-0.2, 0) is 6.61 Å². The molecule has 0 aliphatic carbocycles. The predicted octanol–water partition coefficient (Wildman–Crippen LogP) is 4.95. The number of rotatable bonds is 3. The van der Waals surface area contributed by atoms with Gasteiger partial charge in [-0.3, -0.25) is 0 Å². The van der Waals surface area contributed by atoms with E-state index in [0.29, 0.717) is 12.5 Å². The summed E-state index contributed by atoms with van der Waals surface area (Å²) in [7, 11) is 0. The van der Waals surface area contributed by atoms with Crippen LogP contribution in [0.4, 0.5) is 0 Å². The van der Waals surface area contributed by atoms with Crippen LogP contribution in [0.5, 0.6) is 5.88 Å². The monoisotopic (exact) mass is 419 g/mol. The zero-order valence-corrected chi connectivity index (χ0v) is 13.4. The average Bonchev–Trinajstić information content (AvgIpc) is 2.28. The Labute approximate surface area is 125 Å². The van der Waals surface area contributed by atoms with Crippen LogP contribution in [0.1, 0.15) is 5.56 Å². The summed E-state index contributed by atoms with van der Waals surface area (Å²) in [6.07, 6.45) is 1.71. The Hall–Kier alpha value is -0.390. The first-order valence-electron chi connectivity index (χ1n) is 4.83. The summed E-state index contributed by atoms with van der Waals surface area (Å²) >= 11 is 10.2. The second-order valence-corrected chi connectivity index (χ2v) is 6.04. The normalized spacial score (nSPS) is 10.3. The van der Waals surface area contributed by atoms with Crippen molar-refractivity contribution in [2.75, 3.05) is 0 Å². The van der Waals surface area contributed by atoms with Crippen LogP contribution in [-0.4, -0.2) is 4.98 Å². The number of aromatic nitrogens is 1. The van der Waals surface area contributed by atoms with Gasteiger partial charge in [0.25, 0.3) is 0 Å². The third-order valence-corrected chi connectivity index (χ3v) is 3.53. The van der Waals surface area contributed by atoms with Crippen LogP contribution in [0.15, 0.2) is 49.9 Å². The fourth-order valence-electron chi connectivity index (χ4n) is 1.29. The van der Waals surface area contributed by atoms with Gasteiger partial charge in [0.2, 0.25) is 5.88 Å². The van der Waals surface area contributed by atoms with E-state index in [1.165, 1.54) is 0 Å². The molecule has 5 heteroatoms. The molecular formula is C12H8Br3NO. The molecule has 0 amide bonds. The lowest BCUT2D eigenvalue weighted by Gasteiger charge is -2.07. The minimum Gasteiger partial charge on any atom is -0.472 e. The Bertz CT molecular complexity index is 531. The number of benzene rings is 1. The maximum atomic E-state index is 5.63. The SMILES string of the molecule is Brc1cccc(COc2ncc(Br)cc2Br)c1. The molecule has 0 fully saturated rings. The molecule has 1 aromatic carbocycles. The van der Waals surface area contributed by atoms with Gasteiger partial charge in [-0.2, -0.15) is 0 Å². The van der Waals surface area contributed by atoms with Gasteiger partial charge in [0.15, 0.2) is 0 Å². The highest BCUT2D eigenvalue weighted by Crippen LogP contribution is 2.26. The van der Waals surface area contributed by atoms with Crippen LogP contribution in [0.3, 0.4) is 0 Å². The first kappa shape index (κ1) is 13.1. The zero-order valence-electron chi connectivity index (χ0n) is 8.66. The third-order valence-electron chi connectivity index (χ3n) is 2.04. The van der Waals surface area contributed by atoms with Crippen molar-refractivity contribution in [1.82, 2.24) is 4.98 Å². The maximum Gasteiger partial charge on any atom is 0.228 e. The fourth-order valence-corrected chi connectivity index (χ4v) is 2.84. The number of halogens is 3. The number of nitrogens with zero attached hydrogens (tertiary/aromatic N) is 1. The number of ether oxygens (including phenoxy) is 1. The molecule has 0 N–H and O–H groups in total. The molecule has 1 heterocycles. The third kappa shape index (κ3) is 3.79. The van der Waals surface area contributed by atoms with E-state index in [1.807, 2.05) is 30.3 Å². The van der Waals surface area contributed by atoms with Crippen LogP contribution in [0.25, 0.3) is 0 Å². The summed E-state index contributed by atoms with van der Waals surface area (Å²) in [5.74, 6) is 0.591. The summed E-state index contributed by atoms with van der Waals surface area (Å²) in [5, 5.41) is 0. The molecular weight excluding hydrogens is 414 g/mol. The molecule has 17 heavy (non-hydrogen) atoms. The van der Waals surface area contributed by atoms with Crippen molar-refractivity contribution >= 4 is 47.8 Å². The number of hydrogen-bond donors (Lipinski definition) is 0. The van der Waals surface area contributed by atoms with E-state index >= 15 is 0 Å². The highest BCUT2D eigenvalue weighted by molar-refractivity contribution is 9.11. The molecule has 88 valence electrons. The molecule has 0 saturated heterocycles. The molecule has 0 unspecified atom stereocenters. The van der Waals surface area contributed by atoms with Crippen molar-refractivity contribution in [3.05, 3.63) is 55.5 Å². The molecule has 0 saturated carbocycles. The second kappa shape index (κ2) is 5.98. The molecule has 0 radical (unpaired) electrons. The topological polar surface area (TPSA) is 22.1 Å². The van der Waals surface area contributed by atoms with Crippen molar-refractivity contribution in [2.24, 2.45) is 0 Å². The van der Waals surface area contributed by atoms with E-state index in [-0.39, 0.29) is 0 Å². The molecule has 2 nitrogen and oxygen atoms in total. The van der Waals surface area contributed by atoms with Gasteiger partial charge >= 0.3 is 0 Å². The molecule has 0 spiro atoms. The minimum atomic E-state index is 0.493. The molecule has 2 aromatic rings. The molecule has 2 rings (SSSR count). The van der Waals surface area contributed by atoms with Gasteiger partial charge < -0.3 is 4.74 Å². The maximum absolute atomic E-state index is 5.63. The first-order valence-corrected chi connectivity index (χ1v) is 7.21. The summed E-state index contributed by atoms with van der Waals surface area (Å²) in [6.45, 7) is 0.493. The standard InChI is InChI=1S/C12H8Br3NO/c13-9-3-1-2-8(4-9)7-17-12-11(15)5-10(14)6-16-12/h1-6H,7H2. The van der Waals surface area contributed by atoms with Gasteiger partial charge in [0.1, 0.15) is 6.61 Å². The summed E-state index contributed by atoms with van der Waals surface area (Å²) < 4.78 is 8.43. The van der Waals surface area contributed by atoms with E-state index in [0.717, 1.165) is 19.0 Å². The Morgan fingerprint density at radius 1 is 1.06 bits per heavy atom. The fraction of sp³-hybridized carbons (Fsp3) is 0.0833. The lowest BCUT2D eigenvalue weighted by atomic mass is 10.2. The van der Waals surface area contributed by atoms with E-state index < -0.39 is 0 Å². The van der Waals surface area contributed by atoms with Crippen LogP contribution >= 0.6 is 47.8 Å². The van der Waals surface area contributed by atoms with E-state index in [9.17, 15) is 0 Å². The van der Waals surface area contributed by atoms with Crippen molar-refractivity contribution in [3.8, 4) is 5.88 Å². The lowest BCUT2D eigenvalue weighted by molar-refractivity contribution is 0.291. The van der Waals surface area contributed by atoms with Gasteiger partial charge in [-0.25, -0.2) is 4.98 Å². The zero-order chi connectivity index (χ0) is 12.3. The van der Waals surface area contributed by atoms with E-state index in [2.05, 4.69) is 52.8 Å². The van der Waals surface area contributed by atoms with Gasteiger partial charge in [-0.1, -0.05) is 28.1 Å². The van der Waals surface area contributed by atoms with Crippen molar-refractivity contribution < 1.29 is 4.74 Å². The summed E-state index contributed by atoms with van der Waals surface area (Å²) in [5.41, 5.74) is 1.09. The van der Waals surface area contributed by atoms with Gasteiger partial charge in [-0.05, 0) is 55.6 Å². The Kier molecular flexibility index (Phi) is 4.59. The number of hydrogen-bond acceptors (Lipinski definition) is 2. The highest BCUT2D eigenvalue weighted by atomic mass is 79.9. The molecule has 1 aromatic heterocycles. The molecule has 0 bridgehead atoms. The molecule has 0 aliphatic heterocycles. The van der Waals surface area contributed by atoms with Gasteiger partial charge in [-0.15, -0.1) is 0 Å². The molecule has 0 aliphatic rings. The van der Waals surface area contributed by atoms with Gasteiger partial charge in [0, 0.05) is 15.1 Å². The van der Waals surface area contributed by atoms with Crippen LogP contribution in [0, 0.1) is 0 Å².